The second-order valence-electron chi connectivity index (χ2n) is 3.27. The third-order valence-electron chi connectivity index (χ3n) is 1.81. The summed E-state index contributed by atoms with van der Waals surface area (Å²) in [4.78, 5) is 18.8. The van der Waals surface area contributed by atoms with Crippen molar-refractivity contribution in [2.45, 2.75) is 25.9 Å². The monoisotopic (exact) mass is 263 g/mol. The van der Waals surface area contributed by atoms with Crippen molar-refractivity contribution in [3.8, 4) is 0 Å². The molecule has 0 aromatic carbocycles. The quantitative estimate of drug-likeness (QED) is 0.814. The van der Waals surface area contributed by atoms with Gasteiger partial charge in [0.05, 0.1) is 6.10 Å². The molecule has 0 radical (unpaired) electrons. The lowest BCUT2D eigenvalue weighted by atomic mass is 10.2. The SMILES string of the molecule is CC(O)CCC(=O)Nc1c(Cl)ncnc1Cl. The average molecular weight is 264 g/mol. The second-order valence-corrected chi connectivity index (χ2v) is 3.98. The van der Waals surface area contributed by atoms with E-state index in [4.69, 9.17) is 28.3 Å². The van der Waals surface area contributed by atoms with E-state index in [-0.39, 0.29) is 28.3 Å². The van der Waals surface area contributed by atoms with Crippen molar-refractivity contribution in [2.75, 3.05) is 5.32 Å². The number of carbonyl (C=O) groups excluding carboxylic acids is 1. The number of aromatic nitrogens is 2. The molecule has 88 valence electrons. The van der Waals surface area contributed by atoms with Gasteiger partial charge in [0.2, 0.25) is 5.91 Å². The Morgan fingerprint density at radius 1 is 1.50 bits per heavy atom. The van der Waals surface area contributed by atoms with Crippen molar-refractivity contribution in [2.24, 2.45) is 0 Å². The Morgan fingerprint density at radius 2 is 2.06 bits per heavy atom. The molecule has 0 aliphatic carbocycles. The van der Waals surface area contributed by atoms with Crippen LogP contribution in [0.5, 0.6) is 0 Å². The van der Waals surface area contributed by atoms with Crippen molar-refractivity contribution in [1.82, 2.24) is 9.97 Å². The van der Waals surface area contributed by atoms with Gasteiger partial charge in [-0.15, -0.1) is 0 Å². The van der Waals surface area contributed by atoms with Gasteiger partial charge >= 0.3 is 0 Å². The molecule has 1 atom stereocenters. The van der Waals surface area contributed by atoms with Gasteiger partial charge in [-0.3, -0.25) is 4.79 Å². The number of nitrogens with zero attached hydrogens (tertiary/aromatic N) is 2. The molecular formula is C9H11Cl2N3O2. The fourth-order valence-corrected chi connectivity index (χ4v) is 1.40. The number of hydrogen-bond donors (Lipinski definition) is 2. The molecule has 7 heteroatoms. The molecule has 1 aromatic heterocycles. The highest BCUT2D eigenvalue weighted by molar-refractivity contribution is 6.38. The van der Waals surface area contributed by atoms with Crippen LogP contribution in [0.3, 0.4) is 0 Å². The molecule has 1 rings (SSSR count). The van der Waals surface area contributed by atoms with Gasteiger partial charge in [0.25, 0.3) is 0 Å². The average Bonchev–Trinajstić information content (AvgIpc) is 2.21. The molecule has 0 fully saturated rings. The third-order valence-corrected chi connectivity index (χ3v) is 2.38. The van der Waals surface area contributed by atoms with E-state index < -0.39 is 6.10 Å². The minimum Gasteiger partial charge on any atom is -0.393 e. The van der Waals surface area contributed by atoms with Crippen molar-refractivity contribution in [3.05, 3.63) is 16.6 Å². The lowest BCUT2D eigenvalue weighted by molar-refractivity contribution is -0.116. The van der Waals surface area contributed by atoms with E-state index in [1.165, 1.54) is 6.33 Å². The topological polar surface area (TPSA) is 75.1 Å². The van der Waals surface area contributed by atoms with Gasteiger partial charge < -0.3 is 10.4 Å². The molecule has 1 unspecified atom stereocenters. The molecule has 1 amide bonds. The van der Waals surface area contributed by atoms with Crippen LogP contribution in [0.1, 0.15) is 19.8 Å². The van der Waals surface area contributed by atoms with E-state index in [1.54, 1.807) is 6.92 Å². The first kappa shape index (κ1) is 13.2. The smallest absolute Gasteiger partial charge is 0.224 e. The zero-order valence-electron chi connectivity index (χ0n) is 8.57. The van der Waals surface area contributed by atoms with Gasteiger partial charge in [-0.25, -0.2) is 9.97 Å². The summed E-state index contributed by atoms with van der Waals surface area (Å²) in [6, 6.07) is 0. The summed E-state index contributed by atoms with van der Waals surface area (Å²) >= 11 is 11.5. The zero-order chi connectivity index (χ0) is 12.1. The van der Waals surface area contributed by atoms with E-state index >= 15 is 0 Å². The van der Waals surface area contributed by atoms with Gasteiger partial charge in [0, 0.05) is 6.42 Å². The van der Waals surface area contributed by atoms with Gasteiger partial charge in [-0.1, -0.05) is 23.2 Å². The predicted octanol–water partition coefficient (Wildman–Crippen LogP) is 1.88. The van der Waals surface area contributed by atoms with Crippen LogP contribution in [0.2, 0.25) is 10.3 Å². The molecular weight excluding hydrogens is 253 g/mol. The molecule has 1 aromatic rings. The van der Waals surface area contributed by atoms with Crippen LogP contribution < -0.4 is 5.32 Å². The van der Waals surface area contributed by atoms with Crippen molar-refractivity contribution >= 4 is 34.8 Å². The number of aliphatic hydroxyl groups excluding tert-OH is 1. The van der Waals surface area contributed by atoms with Crippen molar-refractivity contribution in [3.63, 3.8) is 0 Å². The number of hydrogen-bond acceptors (Lipinski definition) is 4. The van der Waals surface area contributed by atoms with Crippen LogP contribution in [0.4, 0.5) is 5.69 Å². The van der Waals surface area contributed by atoms with Crippen LogP contribution >= 0.6 is 23.2 Å². The maximum atomic E-state index is 11.4. The van der Waals surface area contributed by atoms with Crippen LogP contribution in [0, 0.1) is 0 Å². The van der Waals surface area contributed by atoms with Gasteiger partial charge in [0.15, 0.2) is 10.3 Å². The van der Waals surface area contributed by atoms with Crippen LogP contribution in [-0.2, 0) is 4.79 Å². The number of halogens is 2. The van der Waals surface area contributed by atoms with Crippen LogP contribution in [-0.4, -0.2) is 27.1 Å². The molecule has 0 saturated carbocycles. The summed E-state index contributed by atoms with van der Waals surface area (Å²) in [5, 5.41) is 11.7. The largest absolute Gasteiger partial charge is 0.393 e. The van der Waals surface area contributed by atoms with Crippen LogP contribution in [0.25, 0.3) is 0 Å². The molecule has 5 nitrogen and oxygen atoms in total. The zero-order valence-corrected chi connectivity index (χ0v) is 10.1. The third kappa shape index (κ3) is 3.92. The fraction of sp³-hybridized carbons (Fsp3) is 0.444. The molecule has 16 heavy (non-hydrogen) atoms. The Labute approximate surface area is 103 Å². The summed E-state index contributed by atoms with van der Waals surface area (Å²) in [5.74, 6) is -0.292. The second kappa shape index (κ2) is 5.98. The Hall–Kier alpha value is -0.910. The van der Waals surface area contributed by atoms with E-state index in [2.05, 4.69) is 15.3 Å². The minimum atomic E-state index is -0.524. The molecule has 0 spiro atoms. The molecule has 2 N–H and O–H groups in total. The molecule has 0 aliphatic heterocycles. The van der Waals surface area contributed by atoms with Crippen molar-refractivity contribution in [1.29, 1.82) is 0 Å². The molecule has 0 saturated heterocycles. The predicted molar refractivity (Wildman–Crippen MR) is 61.6 cm³/mol. The summed E-state index contributed by atoms with van der Waals surface area (Å²) in [6.45, 7) is 1.61. The van der Waals surface area contributed by atoms with Crippen LogP contribution in [0.15, 0.2) is 6.33 Å². The number of anilines is 1. The molecule has 1 heterocycles. The summed E-state index contributed by atoms with van der Waals surface area (Å²) in [5.41, 5.74) is 0.196. The van der Waals surface area contributed by atoms with Gasteiger partial charge in [0.1, 0.15) is 12.0 Å². The molecule has 0 bridgehead atoms. The standard InChI is InChI=1S/C9H11Cl2N3O2/c1-5(15)2-3-6(16)14-7-8(10)12-4-13-9(7)11/h4-5,15H,2-3H2,1H3,(H,14,16). The first-order valence-corrected chi connectivity index (χ1v) is 5.40. The Morgan fingerprint density at radius 3 is 2.56 bits per heavy atom. The van der Waals surface area contributed by atoms with E-state index in [0.29, 0.717) is 6.42 Å². The maximum absolute atomic E-state index is 11.4. The molecule has 0 aliphatic rings. The Balaban J connectivity index is 2.63. The van der Waals surface area contributed by atoms with Gasteiger partial charge in [-0.05, 0) is 13.3 Å². The first-order chi connectivity index (χ1) is 7.50. The van der Waals surface area contributed by atoms with E-state index in [0.717, 1.165) is 0 Å². The van der Waals surface area contributed by atoms with Crippen molar-refractivity contribution < 1.29 is 9.90 Å². The fourth-order valence-electron chi connectivity index (χ4n) is 0.990. The number of aliphatic hydroxyl groups is 1. The number of carbonyl (C=O) groups is 1. The van der Waals surface area contributed by atoms with E-state index in [1.807, 2.05) is 0 Å². The Kier molecular flexibility index (Phi) is 4.92. The lowest BCUT2D eigenvalue weighted by Crippen LogP contribution is -2.15. The Bertz CT molecular complexity index is 365. The first-order valence-electron chi connectivity index (χ1n) is 4.64. The number of rotatable bonds is 4. The highest BCUT2D eigenvalue weighted by Crippen LogP contribution is 2.25. The highest BCUT2D eigenvalue weighted by Gasteiger charge is 2.12. The van der Waals surface area contributed by atoms with E-state index in [9.17, 15) is 4.79 Å². The number of nitrogens with one attached hydrogen (secondary N) is 1. The highest BCUT2D eigenvalue weighted by atomic mass is 35.5. The number of amides is 1. The summed E-state index contributed by atoms with van der Waals surface area (Å²) in [7, 11) is 0. The summed E-state index contributed by atoms with van der Waals surface area (Å²) < 4.78 is 0. The minimum absolute atomic E-state index is 0.0883. The van der Waals surface area contributed by atoms with Gasteiger partial charge in [-0.2, -0.15) is 0 Å². The maximum Gasteiger partial charge on any atom is 0.224 e. The summed E-state index contributed by atoms with van der Waals surface area (Å²) in [6.07, 6.45) is 1.23. The lowest BCUT2D eigenvalue weighted by Gasteiger charge is -2.08. The normalized spacial score (nSPS) is 12.2.